The maximum absolute atomic E-state index is 12.5. The van der Waals surface area contributed by atoms with Gasteiger partial charge in [-0.05, 0) is 41.7 Å². The third kappa shape index (κ3) is 6.25. The molecule has 0 aliphatic rings. The lowest BCUT2D eigenvalue weighted by molar-refractivity contribution is 0.0963. The van der Waals surface area contributed by atoms with Crippen molar-refractivity contribution in [2.45, 2.75) is 33.2 Å². The summed E-state index contributed by atoms with van der Waals surface area (Å²) in [6.07, 6.45) is 4.20. The second-order valence-corrected chi connectivity index (χ2v) is 7.88. The van der Waals surface area contributed by atoms with Crippen LogP contribution in [0.3, 0.4) is 0 Å². The van der Waals surface area contributed by atoms with Gasteiger partial charge in [-0.25, -0.2) is 4.79 Å². The van der Waals surface area contributed by atoms with Crippen LogP contribution in [0.15, 0.2) is 42.7 Å². The van der Waals surface area contributed by atoms with Crippen LogP contribution in [0, 0.1) is 5.41 Å². The molecule has 0 bridgehead atoms. The minimum Gasteiger partial charge on any atom is -0.355 e. The molecule has 6 nitrogen and oxygen atoms in total. The number of urea groups is 1. The first-order valence-corrected chi connectivity index (χ1v) is 9.06. The van der Waals surface area contributed by atoms with Gasteiger partial charge in [-0.3, -0.25) is 9.78 Å². The maximum Gasteiger partial charge on any atom is 0.319 e. The van der Waals surface area contributed by atoms with Gasteiger partial charge in [0.05, 0.1) is 16.6 Å². The first-order valence-electron chi connectivity index (χ1n) is 8.68. The first-order chi connectivity index (χ1) is 12.7. The zero-order valence-corrected chi connectivity index (χ0v) is 16.7. The predicted molar refractivity (Wildman–Crippen MR) is 108 cm³/mol. The molecule has 0 spiro atoms. The fourth-order valence-corrected chi connectivity index (χ4v) is 2.89. The average Bonchev–Trinajstić information content (AvgIpc) is 2.61. The maximum atomic E-state index is 12.5. The number of carbonyl (C=O) groups excluding carboxylic acids is 2. The number of nitrogens with one attached hydrogen (secondary N) is 3. The van der Waals surface area contributed by atoms with Gasteiger partial charge in [0.1, 0.15) is 0 Å². The molecule has 0 radical (unpaired) electrons. The second kappa shape index (κ2) is 8.86. The number of carbonyl (C=O) groups is 2. The van der Waals surface area contributed by atoms with Gasteiger partial charge in [0, 0.05) is 25.1 Å². The number of aromatic nitrogens is 1. The molecule has 2 rings (SSSR count). The van der Waals surface area contributed by atoms with Crippen molar-refractivity contribution in [3.8, 4) is 0 Å². The van der Waals surface area contributed by atoms with Crippen LogP contribution < -0.4 is 16.0 Å². The molecule has 0 saturated heterocycles. The van der Waals surface area contributed by atoms with E-state index in [-0.39, 0.29) is 23.4 Å². The molecule has 27 heavy (non-hydrogen) atoms. The number of nitrogens with zero attached hydrogens (tertiary/aromatic N) is 1. The van der Waals surface area contributed by atoms with E-state index in [0.717, 1.165) is 12.0 Å². The Balaban J connectivity index is 2.15. The van der Waals surface area contributed by atoms with Gasteiger partial charge in [0.25, 0.3) is 5.91 Å². The summed E-state index contributed by atoms with van der Waals surface area (Å²) in [7, 11) is 1.52. The molecule has 0 aliphatic heterocycles. The molecule has 1 heterocycles. The number of anilines is 1. The van der Waals surface area contributed by atoms with Gasteiger partial charge in [0.15, 0.2) is 0 Å². The Bertz CT molecular complexity index is 803. The highest BCUT2D eigenvalue weighted by Crippen LogP contribution is 2.29. The summed E-state index contributed by atoms with van der Waals surface area (Å²) >= 11 is 6.05. The fourth-order valence-electron chi connectivity index (χ4n) is 2.68. The molecule has 3 N–H and O–H groups in total. The van der Waals surface area contributed by atoms with Crippen molar-refractivity contribution in [1.29, 1.82) is 0 Å². The van der Waals surface area contributed by atoms with Gasteiger partial charge >= 0.3 is 6.03 Å². The molecule has 0 aliphatic carbocycles. The Labute approximate surface area is 164 Å². The number of amides is 3. The molecule has 1 atom stereocenters. The second-order valence-electron chi connectivity index (χ2n) is 7.48. The van der Waals surface area contributed by atoms with E-state index >= 15 is 0 Å². The van der Waals surface area contributed by atoms with Crippen LogP contribution in [0.4, 0.5) is 10.5 Å². The molecule has 7 heteroatoms. The van der Waals surface area contributed by atoms with Gasteiger partial charge in [-0.2, -0.15) is 0 Å². The van der Waals surface area contributed by atoms with Crippen LogP contribution in [0.2, 0.25) is 5.02 Å². The minimum atomic E-state index is -0.363. The Hall–Kier alpha value is -2.60. The van der Waals surface area contributed by atoms with Crippen molar-refractivity contribution in [3.63, 3.8) is 0 Å². The minimum absolute atomic E-state index is 0.0143. The predicted octanol–water partition coefficient (Wildman–Crippen LogP) is 4.39. The Kier molecular flexibility index (Phi) is 6.80. The van der Waals surface area contributed by atoms with E-state index < -0.39 is 0 Å². The molecule has 0 fully saturated rings. The van der Waals surface area contributed by atoms with Crippen LogP contribution in [-0.2, 0) is 0 Å². The largest absolute Gasteiger partial charge is 0.355 e. The standard InChI is InChI=1S/C20H25ClN4O2/c1-20(2,3)11-17(13-6-5-9-23-12-13)25-19(27)24-14-7-8-16(21)15(10-14)18(26)22-4/h5-10,12,17H,11H2,1-4H3,(H,22,26)(H2,24,25,27)/t17-/m0/s1. The summed E-state index contributed by atoms with van der Waals surface area (Å²) in [6.45, 7) is 6.35. The quantitative estimate of drug-likeness (QED) is 0.710. The lowest BCUT2D eigenvalue weighted by Crippen LogP contribution is -2.34. The van der Waals surface area contributed by atoms with Crippen LogP contribution >= 0.6 is 11.6 Å². The van der Waals surface area contributed by atoms with Crippen molar-refractivity contribution < 1.29 is 9.59 Å². The Morgan fingerprint density at radius 3 is 2.56 bits per heavy atom. The van der Waals surface area contributed by atoms with Crippen molar-refractivity contribution in [1.82, 2.24) is 15.6 Å². The van der Waals surface area contributed by atoms with E-state index in [1.807, 2.05) is 12.1 Å². The van der Waals surface area contributed by atoms with Gasteiger partial charge < -0.3 is 16.0 Å². The topological polar surface area (TPSA) is 83.1 Å². The number of hydrogen-bond donors (Lipinski definition) is 3. The zero-order chi connectivity index (χ0) is 20.0. The summed E-state index contributed by atoms with van der Waals surface area (Å²) in [5.41, 5.74) is 1.73. The third-order valence-electron chi connectivity index (χ3n) is 3.90. The van der Waals surface area contributed by atoms with Gasteiger partial charge in [0.2, 0.25) is 0 Å². The molecule has 144 valence electrons. The highest BCUT2D eigenvalue weighted by atomic mass is 35.5. The molecule has 0 saturated carbocycles. The first kappa shape index (κ1) is 20.7. The zero-order valence-electron chi connectivity index (χ0n) is 16.0. The van der Waals surface area contributed by atoms with Crippen LogP contribution in [0.5, 0.6) is 0 Å². The third-order valence-corrected chi connectivity index (χ3v) is 4.23. The van der Waals surface area contributed by atoms with E-state index in [9.17, 15) is 9.59 Å². The molecular weight excluding hydrogens is 364 g/mol. The Morgan fingerprint density at radius 2 is 1.96 bits per heavy atom. The van der Waals surface area contributed by atoms with Crippen LogP contribution in [-0.4, -0.2) is 24.0 Å². The molecule has 2 aromatic rings. The summed E-state index contributed by atoms with van der Waals surface area (Å²) in [5.74, 6) is -0.315. The van der Waals surface area contributed by atoms with E-state index in [4.69, 9.17) is 11.6 Å². The smallest absolute Gasteiger partial charge is 0.319 e. The molecule has 0 unspecified atom stereocenters. The number of pyridine rings is 1. The molecular formula is C20H25ClN4O2. The van der Waals surface area contributed by atoms with Gasteiger partial charge in [-0.15, -0.1) is 0 Å². The number of rotatable bonds is 5. The van der Waals surface area contributed by atoms with Crippen molar-refractivity contribution in [2.75, 3.05) is 12.4 Å². The fraction of sp³-hybridized carbons (Fsp3) is 0.350. The highest BCUT2D eigenvalue weighted by molar-refractivity contribution is 6.34. The summed E-state index contributed by atoms with van der Waals surface area (Å²) < 4.78 is 0. The SMILES string of the molecule is CNC(=O)c1cc(NC(=O)N[C@@H](CC(C)(C)C)c2cccnc2)ccc1Cl. The van der Waals surface area contributed by atoms with E-state index in [2.05, 4.69) is 41.7 Å². The lowest BCUT2D eigenvalue weighted by Gasteiger charge is -2.27. The molecule has 3 amide bonds. The normalized spacial score (nSPS) is 12.2. The van der Waals surface area contributed by atoms with Crippen molar-refractivity contribution in [2.24, 2.45) is 5.41 Å². The van der Waals surface area contributed by atoms with Gasteiger partial charge in [-0.1, -0.05) is 38.4 Å². The highest BCUT2D eigenvalue weighted by Gasteiger charge is 2.22. The van der Waals surface area contributed by atoms with Crippen LogP contribution in [0.1, 0.15) is 49.2 Å². The Morgan fingerprint density at radius 1 is 1.22 bits per heavy atom. The van der Waals surface area contributed by atoms with E-state index in [1.165, 1.54) is 7.05 Å². The number of hydrogen-bond acceptors (Lipinski definition) is 3. The average molecular weight is 389 g/mol. The van der Waals surface area contributed by atoms with E-state index in [1.54, 1.807) is 30.6 Å². The van der Waals surface area contributed by atoms with E-state index in [0.29, 0.717) is 16.3 Å². The number of halogens is 1. The number of benzene rings is 1. The van der Waals surface area contributed by atoms with Crippen molar-refractivity contribution >= 4 is 29.2 Å². The summed E-state index contributed by atoms with van der Waals surface area (Å²) in [4.78, 5) is 28.5. The molecule has 1 aromatic carbocycles. The monoisotopic (exact) mass is 388 g/mol. The summed E-state index contributed by atoms with van der Waals surface area (Å²) in [5, 5.41) is 8.60. The lowest BCUT2D eigenvalue weighted by atomic mass is 9.86. The summed E-state index contributed by atoms with van der Waals surface area (Å²) in [6, 6.07) is 8.01. The van der Waals surface area contributed by atoms with Crippen LogP contribution in [0.25, 0.3) is 0 Å². The molecule has 1 aromatic heterocycles. The van der Waals surface area contributed by atoms with Crippen molar-refractivity contribution in [3.05, 3.63) is 58.9 Å².